The van der Waals surface area contributed by atoms with Gasteiger partial charge in [0.15, 0.2) is 0 Å². The van der Waals surface area contributed by atoms with Crippen molar-refractivity contribution in [3.05, 3.63) is 0 Å². The lowest BCUT2D eigenvalue weighted by atomic mass is 9.77. The first-order valence-corrected chi connectivity index (χ1v) is 4.83. The first kappa shape index (κ1) is 10.5. The Balaban J connectivity index is 2.39. The minimum absolute atomic E-state index is 0.0156. The van der Waals surface area contributed by atoms with E-state index < -0.39 is 5.54 Å². The van der Waals surface area contributed by atoms with Gasteiger partial charge in [-0.2, -0.15) is 0 Å². The predicted molar refractivity (Wildman–Crippen MR) is 50.1 cm³/mol. The van der Waals surface area contributed by atoms with Crippen molar-refractivity contribution in [1.29, 1.82) is 0 Å². The number of aliphatic hydroxyl groups is 1. The second-order valence-electron chi connectivity index (χ2n) is 3.77. The van der Waals surface area contributed by atoms with Crippen molar-refractivity contribution < 1.29 is 9.90 Å². The third-order valence-electron chi connectivity index (χ3n) is 2.75. The monoisotopic (exact) mass is 186 g/mol. The van der Waals surface area contributed by atoms with Gasteiger partial charge in [0.25, 0.3) is 0 Å². The van der Waals surface area contributed by atoms with Crippen molar-refractivity contribution in [2.45, 2.75) is 44.2 Å². The number of rotatable bonds is 4. The number of hydrogen-bond donors (Lipinski definition) is 3. The zero-order chi connectivity index (χ0) is 9.90. The molecule has 1 unspecified atom stereocenters. The van der Waals surface area contributed by atoms with E-state index in [4.69, 9.17) is 10.8 Å². The van der Waals surface area contributed by atoms with E-state index in [9.17, 15) is 4.79 Å². The predicted octanol–water partition coefficient (Wildman–Crippen LogP) is -0.245. The molecule has 0 radical (unpaired) electrons. The van der Waals surface area contributed by atoms with Gasteiger partial charge in [0, 0.05) is 0 Å². The van der Waals surface area contributed by atoms with Gasteiger partial charge in [0.1, 0.15) is 0 Å². The fourth-order valence-electron chi connectivity index (χ4n) is 1.39. The first-order valence-electron chi connectivity index (χ1n) is 4.83. The molecule has 1 saturated carbocycles. The van der Waals surface area contributed by atoms with E-state index in [0.717, 1.165) is 25.7 Å². The van der Waals surface area contributed by atoms with Crippen LogP contribution in [0.25, 0.3) is 0 Å². The molecule has 76 valence electrons. The molecule has 0 aromatic rings. The highest BCUT2D eigenvalue weighted by Gasteiger charge is 2.40. The van der Waals surface area contributed by atoms with Crippen LogP contribution in [0.3, 0.4) is 0 Å². The van der Waals surface area contributed by atoms with E-state index in [0.29, 0.717) is 0 Å². The number of nitrogens with two attached hydrogens (primary N) is 1. The Bertz CT molecular complexity index is 186. The fourth-order valence-corrected chi connectivity index (χ4v) is 1.39. The van der Waals surface area contributed by atoms with Crippen LogP contribution in [0.2, 0.25) is 0 Å². The van der Waals surface area contributed by atoms with Crippen LogP contribution in [0.5, 0.6) is 0 Å². The summed E-state index contributed by atoms with van der Waals surface area (Å²) in [5.74, 6) is -0.111. The molecule has 1 fully saturated rings. The molecular weight excluding hydrogens is 168 g/mol. The maximum atomic E-state index is 11.5. The van der Waals surface area contributed by atoms with Gasteiger partial charge in [-0.05, 0) is 25.7 Å². The summed E-state index contributed by atoms with van der Waals surface area (Å²) < 4.78 is 0. The van der Waals surface area contributed by atoms with Gasteiger partial charge >= 0.3 is 0 Å². The molecule has 4 heteroatoms. The van der Waals surface area contributed by atoms with Crippen LogP contribution >= 0.6 is 0 Å². The van der Waals surface area contributed by atoms with Gasteiger partial charge in [-0.3, -0.25) is 4.79 Å². The van der Waals surface area contributed by atoms with Crippen molar-refractivity contribution in [3.63, 3.8) is 0 Å². The number of aliphatic hydroxyl groups excluding tert-OH is 1. The highest BCUT2D eigenvalue weighted by molar-refractivity contribution is 5.87. The van der Waals surface area contributed by atoms with E-state index in [1.807, 2.05) is 6.92 Å². The van der Waals surface area contributed by atoms with Crippen molar-refractivity contribution in [2.24, 2.45) is 5.73 Å². The van der Waals surface area contributed by atoms with Gasteiger partial charge in [-0.25, -0.2) is 0 Å². The molecule has 0 aromatic carbocycles. The molecule has 1 rings (SSSR count). The fraction of sp³-hybridized carbons (Fsp3) is 0.889. The summed E-state index contributed by atoms with van der Waals surface area (Å²) in [4.78, 5) is 11.5. The third kappa shape index (κ3) is 2.19. The quantitative estimate of drug-likeness (QED) is 0.567. The second kappa shape index (κ2) is 4.07. The summed E-state index contributed by atoms with van der Waals surface area (Å²) in [6.07, 6.45) is 3.29. The Hall–Kier alpha value is -0.610. The van der Waals surface area contributed by atoms with Gasteiger partial charge < -0.3 is 16.2 Å². The largest absolute Gasteiger partial charge is 0.394 e. The molecule has 1 aliphatic rings. The summed E-state index contributed by atoms with van der Waals surface area (Å²) in [5.41, 5.74) is 5.16. The maximum Gasteiger partial charge on any atom is 0.240 e. The molecule has 1 aliphatic carbocycles. The van der Waals surface area contributed by atoms with Gasteiger partial charge in [0.2, 0.25) is 5.91 Å². The Kier molecular flexibility index (Phi) is 3.27. The summed E-state index contributed by atoms with van der Waals surface area (Å²) in [7, 11) is 0. The number of nitrogens with one attached hydrogen (secondary N) is 1. The third-order valence-corrected chi connectivity index (χ3v) is 2.75. The Morgan fingerprint density at radius 1 is 1.69 bits per heavy atom. The molecule has 0 saturated heterocycles. The van der Waals surface area contributed by atoms with E-state index >= 15 is 0 Å². The van der Waals surface area contributed by atoms with Crippen molar-refractivity contribution in [1.82, 2.24) is 5.32 Å². The zero-order valence-corrected chi connectivity index (χ0v) is 8.05. The van der Waals surface area contributed by atoms with Crippen molar-refractivity contribution in [3.8, 4) is 0 Å². The average Bonchev–Trinajstić information content (AvgIpc) is 2.09. The van der Waals surface area contributed by atoms with E-state index in [-0.39, 0.29) is 18.6 Å². The maximum absolute atomic E-state index is 11.5. The lowest BCUT2D eigenvalue weighted by molar-refractivity contribution is -0.130. The van der Waals surface area contributed by atoms with Crippen LogP contribution in [-0.4, -0.2) is 29.2 Å². The molecule has 4 nitrogen and oxygen atoms in total. The normalized spacial score (nSPS) is 21.8. The van der Waals surface area contributed by atoms with Crippen LogP contribution in [-0.2, 0) is 4.79 Å². The minimum atomic E-state index is -0.650. The van der Waals surface area contributed by atoms with Gasteiger partial charge in [0.05, 0.1) is 18.2 Å². The molecule has 1 amide bonds. The Labute approximate surface area is 78.5 Å². The molecule has 0 aromatic heterocycles. The highest BCUT2D eigenvalue weighted by Crippen LogP contribution is 2.29. The molecule has 1 atom stereocenters. The van der Waals surface area contributed by atoms with Crippen LogP contribution in [0, 0.1) is 0 Å². The van der Waals surface area contributed by atoms with E-state index in [1.165, 1.54) is 0 Å². The smallest absolute Gasteiger partial charge is 0.240 e. The summed E-state index contributed by atoms with van der Waals surface area (Å²) in [6.45, 7) is 1.91. The highest BCUT2D eigenvalue weighted by atomic mass is 16.3. The number of carbonyl (C=O) groups is 1. The van der Waals surface area contributed by atoms with Crippen LogP contribution in [0.15, 0.2) is 0 Å². The molecule has 0 heterocycles. The minimum Gasteiger partial charge on any atom is -0.394 e. The number of carbonyl (C=O) groups excluding carboxylic acids is 1. The summed E-state index contributed by atoms with van der Waals surface area (Å²) in [5, 5.41) is 11.6. The summed E-state index contributed by atoms with van der Waals surface area (Å²) >= 11 is 0. The average molecular weight is 186 g/mol. The lowest BCUT2D eigenvalue weighted by Gasteiger charge is -2.37. The van der Waals surface area contributed by atoms with Crippen LogP contribution < -0.4 is 11.1 Å². The summed E-state index contributed by atoms with van der Waals surface area (Å²) in [6, 6.07) is -0.145. The molecular formula is C9H18N2O2. The van der Waals surface area contributed by atoms with Crippen molar-refractivity contribution in [2.75, 3.05) is 6.61 Å². The molecule has 0 bridgehead atoms. The second-order valence-corrected chi connectivity index (χ2v) is 3.77. The Morgan fingerprint density at radius 2 is 2.31 bits per heavy atom. The standard InChI is InChI=1S/C9H18N2O2/c1-2-7(6-12)11-8(13)9(10)4-3-5-9/h7,12H,2-6,10H2,1H3,(H,11,13). The van der Waals surface area contributed by atoms with Crippen LogP contribution in [0.4, 0.5) is 0 Å². The topological polar surface area (TPSA) is 75.3 Å². The molecule has 0 spiro atoms. The molecule has 13 heavy (non-hydrogen) atoms. The van der Waals surface area contributed by atoms with Gasteiger partial charge in [-0.15, -0.1) is 0 Å². The van der Waals surface area contributed by atoms with Crippen LogP contribution in [0.1, 0.15) is 32.6 Å². The first-order chi connectivity index (χ1) is 6.12. The SMILES string of the molecule is CCC(CO)NC(=O)C1(N)CCC1. The van der Waals surface area contributed by atoms with Gasteiger partial charge in [-0.1, -0.05) is 6.92 Å². The number of amides is 1. The van der Waals surface area contributed by atoms with Crippen molar-refractivity contribution >= 4 is 5.91 Å². The van der Waals surface area contributed by atoms with E-state index in [2.05, 4.69) is 5.32 Å². The Morgan fingerprint density at radius 3 is 2.62 bits per heavy atom. The molecule has 0 aliphatic heterocycles. The number of hydrogen-bond acceptors (Lipinski definition) is 3. The lowest BCUT2D eigenvalue weighted by Crippen LogP contribution is -2.60. The molecule has 4 N–H and O–H groups in total. The zero-order valence-electron chi connectivity index (χ0n) is 8.05. The van der Waals surface area contributed by atoms with E-state index in [1.54, 1.807) is 0 Å².